The first kappa shape index (κ1) is 14.8. The number of anilines is 1. The van der Waals surface area contributed by atoms with Gasteiger partial charge in [-0.05, 0) is 54.8 Å². The van der Waals surface area contributed by atoms with Gasteiger partial charge in [-0.15, -0.1) is 0 Å². The molecule has 1 aliphatic rings. The molecule has 0 saturated carbocycles. The molecule has 24 heavy (non-hydrogen) atoms. The number of hydrogen-bond acceptors (Lipinski definition) is 3. The van der Waals surface area contributed by atoms with Crippen LogP contribution in [0.1, 0.15) is 13.3 Å². The highest BCUT2D eigenvalue weighted by Crippen LogP contribution is 2.28. The SMILES string of the molecule is CC1C=CC(N(C)c2ccc(-c3nc4ccccc4o3)cc2)=CC1. The fourth-order valence-electron chi connectivity index (χ4n) is 2.94. The van der Waals surface area contributed by atoms with E-state index in [-0.39, 0.29) is 0 Å². The molecule has 0 aliphatic heterocycles. The van der Waals surface area contributed by atoms with Crippen molar-refractivity contribution in [2.24, 2.45) is 5.92 Å². The fraction of sp³-hybridized carbons (Fsp3) is 0.190. The van der Waals surface area contributed by atoms with Crippen molar-refractivity contribution in [2.75, 3.05) is 11.9 Å². The summed E-state index contributed by atoms with van der Waals surface area (Å²) >= 11 is 0. The Kier molecular flexibility index (Phi) is 3.69. The van der Waals surface area contributed by atoms with Crippen LogP contribution in [0.4, 0.5) is 5.69 Å². The Bertz CT molecular complexity index is 885. The Hall–Kier alpha value is -2.81. The maximum absolute atomic E-state index is 5.84. The van der Waals surface area contributed by atoms with Crippen molar-refractivity contribution in [1.29, 1.82) is 0 Å². The van der Waals surface area contributed by atoms with E-state index in [0.717, 1.165) is 28.8 Å². The first-order valence-electron chi connectivity index (χ1n) is 8.29. The lowest BCUT2D eigenvalue weighted by molar-refractivity contribution is 0.620. The zero-order valence-corrected chi connectivity index (χ0v) is 13.9. The number of aromatic nitrogens is 1. The van der Waals surface area contributed by atoms with Gasteiger partial charge in [-0.1, -0.05) is 31.2 Å². The topological polar surface area (TPSA) is 29.3 Å². The van der Waals surface area contributed by atoms with E-state index >= 15 is 0 Å². The number of hydrogen-bond donors (Lipinski definition) is 0. The maximum atomic E-state index is 5.84. The van der Waals surface area contributed by atoms with Crippen LogP contribution in [0.5, 0.6) is 0 Å². The molecule has 4 rings (SSSR count). The molecule has 0 amide bonds. The normalized spacial score (nSPS) is 17.1. The quantitative estimate of drug-likeness (QED) is 0.647. The predicted molar refractivity (Wildman–Crippen MR) is 98.9 cm³/mol. The number of para-hydroxylation sites is 2. The standard InChI is InChI=1S/C21H20N2O/c1-15-7-11-17(12-8-15)23(2)18-13-9-16(10-14-18)21-22-19-5-3-4-6-20(19)24-21/h3-7,9-15H,8H2,1-2H3. The maximum Gasteiger partial charge on any atom is 0.227 e. The molecule has 1 atom stereocenters. The zero-order valence-electron chi connectivity index (χ0n) is 13.9. The molecule has 0 fully saturated rings. The Morgan fingerprint density at radius 2 is 1.88 bits per heavy atom. The van der Waals surface area contributed by atoms with Gasteiger partial charge >= 0.3 is 0 Å². The highest BCUT2D eigenvalue weighted by Gasteiger charge is 2.11. The molecule has 3 heteroatoms. The lowest BCUT2D eigenvalue weighted by Gasteiger charge is -2.23. The predicted octanol–water partition coefficient (Wildman–Crippen LogP) is 5.41. The third kappa shape index (κ3) is 2.73. The van der Waals surface area contributed by atoms with Crippen LogP contribution in [0.2, 0.25) is 0 Å². The molecule has 1 aliphatic carbocycles. The van der Waals surface area contributed by atoms with Crippen molar-refractivity contribution >= 4 is 16.8 Å². The molecule has 2 aromatic carbocycles. The molecular weight excluding hydrogens is 296 g/mol. The van der Waals surface area contributed by atoms with Crippen LogP contribution < -0.4 is 4.90 Å². The largest absolute Gasteiger partial charge is 0.436 e. The Morgan fingerprint density at radius 3 is 2.58 bits per heavy atom. The van der Waals surface area contributed by atoms with Gasteiger partial charge in [0.25, 0.3) is 0 Å². The van der Waals surface area contributed by atoms with Crippen LogP contribution in [0.15, 0.2) is 76.9 Å². The highest BCUT2D eigenvalue weighted by atomic mass is 16.3. The Balaban J connectivity index is 1.59. The van der Waals surface area contributed by atoms with Crippen LogP contribution in [-0.4, -0.2) is 12.0 Å². The van der Waals surface area contributed by atoms with Gasteiger partial charge in [-0.3, -0.25) is 0 Å². The average Bonchev–Trinajstić information content (AvgIpc) is 3.06. The van der Waals surface area contributed by atoms with Crippen molar-refractivity contribution in [3.8, 4) is 11.5 Å². The lowest BCUT2D eigenvalue weighted by atomic mass is 10.0. The van der Waals surface area contributed by atoms with E-state index < -0.39 is 0 Å². The minimum Gasteiger partial charge on any atom is -0.436 e. The van der Waals surface area contributed by atoms with E-state index in [0.29, 0.717) is 11.8 Å². The summed E-state index contributed by atoms with van der Waals surface area (Å²) in [5.74, 6) is 1.29. The Morgan fingerprint density at radius 1 is 1.08 bits per heavy atom. The summed E-state index contributed by atoms with van der Waals surface area (Å²) in [5.41, 5.74) is 5.09. The number of benzene rings is 2. The van der Waals surface area contributed by atoms with Crippen LogP contribution >= 0.6 is 0 Å². The first-order chi connectivity index (χ1) is 11.7. The molecule has 0 radical (unpaired) electrons. The average molecular weight is 316 g/mol. The van der Waals surface area contributed by atoms with Gasteiger partial charge in [0.15, 0.2) is 5.58 Å². The van der Waals surface area contributed by atoms with E-state index in [1.807, 2.05) is 24.3 Å². The zero-order chi connectivity index (χ0) is 16.5. The second kappa shape index (κ2) is 6.00. The molecule has 120 valence electrons. The number of oxazole rings is 1. The lowest BCUT2D eigenvalue weighted by Crippen LogP contribution is -2.16. The molecule has 0 N–H and O–H groups in total. The van der Waals surface area contributed by atoms with E-state index in [9.17, 15) is 0 Å². The van der Waals surface area contributed by atoms with E-state index in [2.05, 4.69) is 66.3 Å². The van der Waals surface area contributed by atoms with Crippen LogP contribution in [0, 0.1) is 5.92 Å². The molecule has 0 saturated heterocycles. The summed E-state index contributed by atoms with van der Waals surface area (Å²) in [4.78, 5) is 6.76. The highest BCUT2D eigenvalue weighted by molar-refractivity contribution is 5.76. The molecule has 3 aromatic rings. The van der Waals surface area contributed by atoms with Gasteiger partial charge in [0.2, 0.25) is 5.89 Å². The third-order valence-electron chi connectivity index (χ3n) is 4.48. The summed E-state index contributed by atoms with van der Waals surface area (Å²) in [5, 5.41) is 0. The van der Waals surface area contributed by atoms with Gasteiger partial charge < -0.3 is 9.32 Å². The van der Waals surface area contributed by atoms with Crippen molar-refractivity contribution in [3.05, 3.63) is 72.5 Å². The summed E-state index contributed by atoms with van der Waals surface area (Å²) in [6.07, 6.45) is 7.85. The number of nitrogens with zero attached hydrogens (tertiary/aromatic N) is 2. The minimum absolute atomic E-state index is 0.628. The molecule has 3 nitrogen and oxygen atoms in total. The number of fused-ring (bicyclic) bond motifs is 1. The minimum atomic E-state index is 0.628. The smallest absolute Gasteiger partial charge is 0.227 e. The summed E-state index contributed by atoms with van der Waals surface area (Å²) in [6.45, 7) is 2.24. The second-order valence-corrected chi connectivity index (χ2v) is 6.29. The van der Waals surface area contributed by atoms with Gasteiger partial charge in [-0.25, -0.2) is 4.98 Å². The molecule has 1 unspecified atom stereocenters. The number of likely N-dealkylation sites (N-methyl/N-ethyl adjacent to an activating group) is 1. The van der Waals surface area contributed by atoms with Crippen molar-refractivity contribution in [2.45, 2.75) is 13.3 Å². The molecular formula is C21H20N2O. The van der Waals surface area contributed by atoms with Crippen LogP contribution in [0.25, 0.3) is 22.6 Å². The van der Waals surface area contributed by atoms with Crippen molar-refractivity contribution in [1.82, 2.24) is 4.98 Å². The monoisotopic (exact) mass is 316 g/mol. The van der Waals surface area contributed by atoms with Crippen molar-refractivity contribution < 1.29 is 4.42 Å². The Labute approximate surface area is 141 Å². The molecule has 1 heterocycles. The molecule has 0 spiro atoms. The van der Waals surface area contributed by atoms with E-state index in [4.69, 9.17) is 4.42 Å². The first-order valence-corrected chi connectivity index (χ1v) is 8.29. The summed E-state index contributed by atoms with van der Waals surface area (Å²) < 4.78 is 5.84. The molecule has 0 bridgehead atoms. The number of rotatable bonds is 3. The van der Waals surface area contributed by atoms with Gasteiger partial charge in [0.05, 0.1) is 0 Å². The summed E-state index contributed by atoms with van der Waals surface area (Å²) in [7, 11) is 2.10. The second-order valence-electron chi connectivity index (χ2n) is 6.29. The van der Waals surface area contributed by atoms with Crippen molar-refractivity contribution in [3.63, 3.8) is 0 Å². The van der Waals surface area contributed by atoms with Crippen LogP contribution in [-0.2, 0) is 0 Å². The van der Waals surface area contributed by atoms with E-state index in [1.54, 1.807) is 0 Å². The molecule has 1 aromatic heterocycles. The van der Waals surface area contributed by atoms with Gasteiger partial charge in [-0.2, -0.15) is 0 Å². The fourth-order valence-corrected chi connectivity index (χ4v) is 2.94. The van der Waals surface area contributed by atoms with Gasteiger partial charge in [0.1, 0.15) is 5.52 Å². The number of allylic oxidation sites excluding steroid dienone is 3. The van der Waals surface area contributed by atoms with E-state index in [1.165, 1.54) is 5.70 Å². The van der Waals surface area contributed by atoms with Gasteiger partial charge in [0, 0.05) is 24.0 Å². The third-order valence-corrected chi connectivity index (χ3v) is 4.48. The summed E-state index contributed by atoms with van der Waals surface area (Å²) in [6, 6.07) is 16.2. The van der Waals surface area contributed by atoms with Crippen LogP contribution in [0.3, 0.4) is 0 Å².